The molecule has 0 aromatic heterocycles. The third kappa shape index (κ3) is 3.51. The van der Waals surface area contributed by atoms with Gasteiger partial charge >= 0.3 is 0 Å². The minimum Gasteiger partial charge on any atom is -0.315 e. The molecular weight excluding hydrogens is 215 g/mol. The van der Waals surface area contributed by atoms with Gasteiger partial charge in [0.25, 0.3) is 0 Å². The van der Waals surface area contributed by atoms with E-state index in [4.69, 9.17) is 0 Å². The van der Waals surface area contributed by atoms with Gasteiger partial charge in [0, 0.05) is 19.1 Å². The predicted octanol–water partition coefficient (Wildman–Crippen LogP) is 2.05. The maximum atomic E-state index is 13.6. The second-order valence-electron chi connectivity index (χ2n) is 4.78. The Bertz CT molecular complexity index is 346. The van der Waals surface area contributed by atoms with Crippen LogP contribution in [0.2, 0.25) is 0 Å². The molecule has 0 spiro atoms. The van der Waals surface area contributed by atoms with Crippen LogP contribution < -0.4 is 5.32 Å². The fourth-order valence-electron chi connectivity index (χ4n) is 2.42. The lowest BCUT2D eigenvalue weighted by Gasteiger charge is -2.27. The van der Waals surface area contributed by atoms with Crippen LogP contribution in [0.25, 0.3) is 0 Å². The van der Waals surface area contributed by atoms with E-state index in [1.807, 2.05) is 12.1 Å². The zero-order valence-corrected chi connectivity index (χ0v) is 10.5. The second-order valence-corrected chi connectivity index (χ2v) is 4.78. The number of nitrogens with one attached hydrogen (secondary N) is 1. The predicted molar refractivity (Wildman–Crippen MR) is 68.6 cm³/mol. The zero-order chi connectivity index (χ0) is 12.1. The first-order chi connectivity index (χ1) is 8.27. The molecule has 2 nitrogen and oxygen atoms in total. The van der Waals surface area contributed by atoms with E-state index in [-0.39, 0.29) is 5.82 Å². The van der Waals surface area contributed by atoms with Crippen LogP contribution in [0.1, 0.15) is 18.9 Å². The first-order valence-electron chi connectivity index (χ1n) is 6.45. The lowest BCUT2D eigenvalue weighted by atomic mass is 10.1. The van der Waals surface area contributed by atoms with Gasteiger partial charge in [-0.15, -0.1) is 0 Å². The molecule has 0 aliphatic carbocycles. The average Bonchev–Trinajstić information content (AvgIpc) is 2.61. The van der Waals surface area contributed by atoms with Crippen LogP contribution in [0.3, 0.4) is 0 Å². The Balaban J connectivity index is 1.95. The minimum atomic E-state index is -0.0766. The molecule has 1 aliphatic heterocycles. The van der Waals surface area contributed by atoms with Crippen molar-refractivity contribution in [3.05, 3.63) is 35.6 Å². The molecule has 0 amide bonds. The first-order valence-corrected chi connectivity index (χ1v) is 6.45. The molecule has 94 valence electrons. The molecule has 1 heterocycles. The molecule has 1 unspecified atom stereocenters. The summed E-state index contributed by atoms with van der Waals surface area (Å²) in [5, 5.41) is 3.39. The number of rotatable bonds is 3. The van der Waals surface area contributed by atoms with Crippen molar-refractivity contribution in [1.29, 1.82) is 0 Å². The monoisotopic (exact) mass is 236 g/mol. The molecule has 1 fully saturated rings. The van der Waals surface area contributed by atoms with Gasteiger partial charge in [0.1, 0.15) is 5.82 Å². The summed E-state index contributed by atoms with van der Waals surface area (Å²) in [6.07, 6.45) is 1.98. The van der Waals surface area contributed by atoms with Gasteiger partial charge in [-0.3, -0.25) is 4.90 Å². The van der Waals surface area contributed by atoms with E-state index in [1.54, 1.807) is 12.1 Å². The topological polar surface area (TPSA) is 15.3 Å². The summed E-state index contributed by atoms with van der Waals surface area (Å²) in [5.41, 5.74) is 0.831. The van der Waals surface area contributed by atoms with Gasteiger partial charge in [-0.05, 0) is 44.5 Å². The molecule has 1 N–H and O–H groups in total. The summed E-state index contributed by atoms with van der Waals surface area (Å²) in [6, 6.07) is 7.51. The molecule has 1 aliphatic rings. The Hall–Kier alpha value is -0.930. The van der Waals surface area contributed by atoms with Crippen molar-refractivity contribution in [3.8, 4) is 0 Å². The average molecular weight is 236 g/mol. The van der Waals surface area contributed by atoms with E-state index < -0.39 is 0 Å². The highest BCUT2D eigenvalue weighted by Crippen LogP contribution is 2.13. The number of nitrogens with zero attached hydrogens (tertiary/aromatic N) is 1. The smallest absolute Gasteiger partial charge is 0.126 e. The van der Waals surface area contributed by atoms with E-state index in [9.17, 15) is 4.39 Å². The third-order valence-electron chi connectivity index (χ3n) is 3.47. The normalized spacial score (nSPS) is 19.9. The van der Waals surface area contributed by atoms with Gasteiger partial charge < -0.3 is 5.32 Å². The largest absolute Gasteiger partial charge is 0.315 e. The van der Waals surface area contributed by atoms with Crippen molar-refractivity contribution in [3.63, 3.8) is 0 Å². The summed E-state index contributed by atoms with van der Waals surface area (Å²) in [6.45, 7) is 6.51. The maximum absolute atomic E-state index is 13.6. The molecule has 1 saturated heterocycles. The van der Waals surface area contributed by atoms with Crippen molar-refractivity contribution in [2.75, 3.05) is 26.2 Å². The SMILES string of the molecule is CC(Cc1ccccc1F)N1CCCNCC1. The molecule has 3 heteroatoms. The molecule has 1 aromatic carbocycles. The Morgan fingerprint density at radius 2 is 2.12 bits per heavy atom. The fraction of sp³-hybridized carbons (Fsp3) is 0.571. The molecule has 17 heavy (non-hydrogen) atoms. The third-order valence-corrected chi connectivity index (χ3v) is 3.47. The number of hydrogen-bond acceptors (Lipinski definition) is 2. The van der Waals surface area contributed by atoms with E-state index in [2.05, 4.69) is 17.1 Å². The van der Waals surface area contributed by atoms with E-state index in [1.165, 1.54) is 6.42 Å². The second kappa shape index (κ2) is 6.12. The van der Waals surface area contributed by atoms with Crippen LogP contribution >= 0.6 is 0 Å². The van der Waals surface area contributed by atoms with Crippen molar-refractivity contribution < 1.29 is 4.39 Å². The first kappa shape index (κ1) is 12.5. The van der Waals surface area contributed by atoms with Crippen LogP contribution in [0.15, 0.2) is 24.3 Å². The van der Waals surface area contributed by atoms with E-state index in [0.717, 1.165) is 38.2 Å². The highest BCUT2D eigenvalue weighted by atomic mass is 19.1. The fourth-order valence-corrected chi connectivity index (χ4v) is 2.42. The molecule has 0 radical (unpaired) electrons. The Morgan fingerprint density at radius 1 is 1.29 bits per heavy atom. The van der Waals surface area contributed by atoms with Crippen molar-refractivity contribution in [2.24, 2.45) is 0 Å². The number of hydrogen-bond donors (Lipinski definition) is 1. The van der Waals surface area contributed by atoms with E-state index in [0.29, 0.717) is 6.04 Å². The number of halogens is 1. The quantitative estimate of drug-likeness (QED) is 0.864. The Morgan fingerprint density at radius 3 is 2.94 bits per heavy atom. The molecule has 1 aromatic rings. The maximum Gasteiger partial charge on any atom is 0.126 e. The summed E-state index contributed by atoms with van der Waals surface area (Å²) < 4.78 is 13.6. The van der Waals surface area contributed by atoms with Crippen LogP contribution in [0.5, 0.6) is 0 Å². The standard InChI is InChI=1S/C14H21FN2/c1-12(17-9-4-7-16-8-10-17)11-13-5-2-3-6-14(13)15/h2-3,5-6,12,16H,4,7-11H2,1H3. The summed E-state index contributed by atoms with van der Waals surface area (Å²) in [5.74, 6) is -0.0766. The van der Waals surface area contributed by atoms with Gasteiger partial charge in [-0.25, -0.2) is 4.39 Å². The van der Waals surface area contributed by atoms with Gasteiger partial charge in [0.15, 0.2) is 0 Å². The molecule has 1 atom stereocenters. The summed E-state index contributed by atoms with van der Waals surface area (Å²) in [4.78, 5) is 2.45. The highest BCUT2D eigenvalue weighted by Gasteiger charge is 2.16. The zero-order valence-electron chi connectivity index (χ0n) is 10.5. The summed E-state index contributed by atoms with van der Waals surface area (Å²) >= 11 is 0. The molecule has 2 rings (SSSR count). The van der Waals surface area contributed by atoms with Crippen LogP contribution in [-0.4, -0.2) is 37.1 Å². The molecule has 0 bridgehead atoms. The van der Waals surface area contributed by atoms with Gasteiger partial charge in [0.2, 0.25) is 0 Å². The van der Waals surface area contributed by atoms with Crippen LogP contribution in [-0.2, 0) is 6.42 Å². The Kier molecular flexibility index (Phi) is 4.51. The minimum absolute atomic E-state index is 0.0766. The lowest BCUT2D eigenvalue weighted by Crippen LogP contribution is -2.37. The summed E-state index contributed by atoms with van der Waals surface area (Å²) in [7, 11) is 0. The van der Waals surface area contributed by atoms with Gasteiger partial charge in [0.05, 0.1) is 0 Å². The lowest BCUT2D eigenvalue weighted by molar-refractivity contribution is 0.220. The Labute approximate surface area is 103 Å². The number of benzene rings is 1. The molecule has 0 saturated carbocycles. The van der Waals surface area contributed by atoms with Crippen LogP contribution in [0, 0.1) is 5.82 Å². The van der Waals surface area contributed by atoms with Gasteiger partial charge in [-0.2, -0.15) is 0 Å². The van der Waals surface area contributed by atoms with Gasteiger partial charge in [-0.1, -0.05) is 18.2 Å². The van der Waals surface area contributed by atoms with Crippen molar-refractivity contribution in [2.45, 2.75) is 25.8 Å². The van der Waals surface area contributed by atoms with Crippen molar-refractivity contribution in [1.82, 2.24) is 10.2 Å². The highest BCUT2D eigenvalue weighted by molar-refractivity contribution is 5.18. The van der Waals surface area contributed by atoms with E-state index >= 15 is 0 Å². The molecular formula is C14H21FN2. The van der Waals surface area contributed by atoms with Crippen molar-refractivity contribution >= 4 is 0 Å². The van der Waals surface area contributed by atoms with Crippen LogP contribution in [0.4, 0.5) is 4.39 Å².